The first-order chi connectivity index (χ1) is 16.0. The van der Waals surface area contributed by atoms with Gasteiger partial charge in [0.2, 0.25) is 5.91 Å². The van der Waals surface area contributed by atoms with Gasteiger partial charge in [-0.05, 0) is 66.8 Å². The summed E-state index contributed by atoms with van der Waals surface area (Å²) in [6.07, 6.45) is 0.505. The minimum absolute atomic E-state index is 0.122. The van der Waals surface area contributed by atoms with Crippen molar-refractivity contribution in [3.05, 3.63) is 76.5 Å². The van der Waals surface area contributed by atoms with Crippen molar-refractivity contribution in [2.75, 3.05) is 23.9 Å². The second-order valence-electron chi connectivity index (χ2n) is 7.76. The molecule has 7 nitrogen and oxygen atoms in total. The van der Waals surface area contributed by atoms with Crippen LogP contribution in [-0.4, -0.2) is 42.4 Å². The first kappa shape index (κ1) is 22.5. The van der Waals surface area contributed by atoms with Gasteiger partial charge in [0.05, 0.1) is 19.2 Å². The van der Waals surface area contributed by atoms with Crippen LogP contribution in [0.1, 0.15) is 16.9 Å². The fourth-order valence-electron chi connectivity index (χ4n) is 3.85. The molecule has 1 fully saturated rings. The van der Waals surface area contributed by atoms with Crippen LogP contribution in [0.2, 0.25) is 0 Å². The number of carbonyl (C=O) groups excluding carboxylic acids is 3. The van der Waals surface area contributed by atoms with Crippen molar-refractivity contribution < 1.29 is 19.1 Å². The van der Waals surface area contributed by atoms with Crippen LogP contribution in [0, 0.1) is 6.92 Å². The molecule has 1 saturated heterocycles. The molecule has 1 aromatic heterocycles. The molecule has 0 bridgehead atoms. The fraction of sp³-hybridized carbons (Fsp3) is 0.240. The van der Waals surface area contributed by atoms with Crippen molar-refractivity contribution in [1.29, 1.82) is 0 Å². The lowest BCUT2D eigenvalue weighted by atomic mass is 10.1. The maximum absolute atomic E-state index is 13.3. The number of para-hydroxylation sites is 1. The van der Waals surface area contributed by atoms with Gasteiger partial charge >= 0.3 is 6.03 Å². The number of nitrogens with zero attached hydrogens (tertiary/aromatic N) is 2. The highest BCUT2D eigenvalue weighted by Gasteiger charge is 2.46. The molecule has 0 unspecified atom stereocenters. The Bertz CT molecular complexity index is 1140. The first-order valence-electron chi connectivity index (χ1n) is 10.6. The van der Waals surface area contributed by atoms with Gasteiger partial charge in [-0.2, -0.15) is 0 Å². The van der Waals surface area contributed by atoms with E-state index in [-0.39, 0.29) is 18.2 Å². The van der Waals surface area contributed by atoms with Gasteiger partial charge in [-0.15, -0.1) is 11.3 Å². The number of amides is 4. The molecule has 0 aliphatic carbocycles. The SMILES string of the molecule is COc1ccc(NC(=O)C[C@H]2C(=O)N(c3ccccc3)C(=O)N2CCc2sccc2C)cc1. The summed E-state index contributed by atoms with van der Waals surface area (Å²) in [6, 6.07) is 16.5. The van der Waals surface area contributed by atoms with E-state index in [0.29, 0.717) is 30.1 Å². The van der Waals surface area contributed by atoms with E-state index in [1.54, 1.807) is 67.0 Å². The summed E-state index contributed by atoms with van der Waals surface area (Å²) in [5.74, 6) is -0.0457. The van der Waals surface area contributed by atoms with E-state index >= 15 is 0 Å². The normalized spacial score (nSPS) is 15.8. The predicted molar refractivity (Wildman–Crippen MR) is 129 cm³/mol. The van der Waals surface area contributed by atoms with Gasteiger partial charge in [-0.3, -0.25) is 9.59 Å². The molecule has 4 rings (SSSR count). The van der Waals surface area contributed by atoms with Crippen molar-refractivity contribution in [2.45, 2.75) is 25.8 Å². The van der Waals surface area contributed by atoms with Gasteiger partial charge in [0.1, 0.15) is 11.8 Å². The van der Waals surface area contributed by atoms with Crippen LogP contribution >= 0.6 is 11.3 Å². The van der Waals surface area contributed by atoms with Crippen LogP contribution in [0.3, 0.4) is 0 Å². The second-order valence-corrected chi connectivity index (χ2v) is 8.76. The summed E-state index contributed by atoms with van der Waals surface area (Å²) >= 11 is 1.63. The third kappa shape index (κ3) is 4.90. The third-order valence-corrected chi connectivity index (χ3v) is 6.72. The summed E-state index contributed by atoms with van der Waals surface area (Å²) in [4.78, 5) is 43.2. The van der Waals surface area contributed by atoms with Gasteiger partial charge in [0, 0.05) is 17.1 Å². The molecule has 0 saturated carbocycles. The smallest absolute Gasteiger partial charge is 0.332 e. The molecule has 8 heteroatoms. The molecule has 3 aromatic rings. The first-order valence-corrected chi connectivity index (χ1v) is 11.5. The second kappa shape index (κ2) is 9.87. The lowest BCUT2D eigenvalue weighted by Crippen LogP contribution is -2.39. The Kier molecular flexibility index (Phi) is 6.74. The molecule has 1 aliphatic heterocycles. The number of aryl methyl sites for hydroxylation is 1. The van der Waals surface area contributed by atoms with Crippen LogP contribution in [0.4, 0.5) is 16.2 Å². The number of imide groups is 1. The molecule has 0 radical (unpaired) electrons. The Balaban J connectivity index is 1.53. The summed E-state index contributed by atoms with van der Waals surface area (Å²) in [7, 11) is 1.57. The van der Waals surface area contributed by atoms with Gasteiger partial charge in [-0.25, -0.2) is 9.69 Å². The summed E-state index contributed by atoms with van der Waals surface area (Å²) in [5, 5.41) is 4.82. The van der Waals surface area contributed by atoms with Gasteiger partial charge in [-0.1, -0.05) is 18.2 Å². The molecule has 1 aliphatic rings. The van der Waals surface area contributed by atoms with Crippen molar-refractivity contribution >= 4 is 40.6 Å². The Hall–Kier alpha value is -3.65. The molecule has 1 atom stereocenters. The highest BCUT2D eigenvalue weighted by molar-refractivity contribution is 7.10. The number of methoxy groups -OCH3 is 1. The molecule has 2 heterocycles. The average Bonchev–Trinajstić information content (AvgIpc) is 3.33. The molecular weight excluding hydrogens is 438 g/mol. The highest BCUT2D eigenvalue weighted by atomic mass is 32.1. The monoisotopic (exact) mass is 463 g/mol. The standard InChI is InChI=1S/C25H25N3O4S/c1-17-13-15-33-22(17)12-14-27-21(16-23(29)26-18-8-10-20(32-2)11-9-18)24(30)28(25(27)31)19-6-4-3-5-7-19/h3-11,13,15,21H,12,14,16H2,1-2H3,(H,26,29)/t21-/m0/s1. The van der Waals surface area contributed by atoms with E-state index in [1.807, 2.05) is 24.4 Å². The number of urea groups is 1. The largest absolute Gasteiger partial charge is 0.497 e. The van der Waals surface area contributed by atoms with Gasteiger partial charge in [0.15, 0.2) is 0 Å². The molecule has 33 heavy (non-hydrogen) atoms. The molecule has 4 amide bonds. The number of thiophene rings is 1. The molecular formula is C25H25N3O4S. The van der Waals surface area contributed by atoms with Crippen LogP contribution in [0.5, 0.6) is 5.75 Å². The number of hydrogen-bond acceptors (Lipinski definition) is 5. The lowest BCUT2D eigenvalue weighted by Gasteiger charge is -2.21. The summed E-state index contributed by atoms with van der Waals surface area (Å²) < 4.78 is 5.14. The minimum atomic E-state index is -0.865. The Morgan fingerprint density at radius 3 is 2.42 bits per heavy atom. The van der Waals surface area contributed by atoms with E-state index in [2.05, 4.69) is 5.32 Å². The maximum atomic E-state index is 13.3. The number of benzene rings is 2. The van der Waals surface area contributed by atoms with E-state index in [0.717, 1.165) is 10.4 Å². The van der Waals surface area contributed by atoms with Crippen molar-refractivity contribution in [1.82, 2.24) is 4.90 Å². The molecule has 0 spiro atoms. The van der Waals surface area contributed by atoms with E-state index in [1.165, 1.54) is 9.80 Å². The van der Waals surface area contributed by atoms with Crippen molar-refractivity contribution in [2.24, 2.45) is 0 Å². The maximum Gasteiger partial charge on any atom is 0.332 e. The van der Waals surface area contributed by atoms with E-state index in [9.17, 15) is 14.4 Å². The van der Waals surface area contributed by atoms with Gasteiger partial charge in [0.25, 0.3) is 5.91 Å². The topological polar surface area (TPSA) is 79.0 Å². The minimum Gasteiger partial charge on any atom is -0.497 e. The quantitative estimate of drug-likeness (QED) is 0.500. The van der Waals surface area contributed by atoms with Crippen LogP contribution in [0.15, 0.2) is 66.0 Å². The molecule has 1 N–H and O–H groups in total. The average molecular weight is 464 g/mol. The molecule has 170 valence electrons. The third-order valence-electron chi connectivity index (χ3n) is 5.63. The summed E-state index contributed by atoms with van der Waals surface area (Å²) in [5.41, 5.74) is 2.26. The highest BCUT2D eigenvalue weighted by Crippen LogP contribution is 2.28. The van der Waals surface area contributed by atoms with E-state index in [4.69, 9.17) is 4.74 Å². The number of carbonyl (C=O) groups is 3. The van der Waals surface area contributed by atoms with Crippen LogP contribution in [-0.2, 0) is 16.0 Å². The molecule has 2 aromatic carbocycles. The zero-order valence-electron chi connectivity index (χ0n) is 18.5. The zero-order chi connectivity index (χ0) is 23.4. The number of hydrogen-bond donors (Lipinski definition) is 1. The Morgan fingerprint density at radius 1 is 1.06 bits per heavy atom. The van der Waals surface area contributed by atoms with Crippen LogP contribution in [0.25, 0.3) is 0 Å². The van der Waals surface area contributed by atoms with Crippen molar-refractivity contribution in [3.63, 3.8) is 0 Å². The Labute approximate surface area is 196 Å². The lowest BCUT2D eigenvalue weighted by molar-refractivity contribution is -0.124. The number of nitrogens with one attached hydrogen (secondary N) is 1. The number of rotatable bonds is 8. The van der Waals surface area contributed by atoms with E-state index < -0.39 is 12.1 Å². The fourth-order valence-corrected chi connectivity index (χ4v) is 4.75. The summed E-state index contributed by atoms with van der Waals surface area (Å²) in [6.45, 7) is 2.38. The Morgan fingerprint density at radius 2 is 1.79 bits per heavy atom. The number of anilines is 2. The predicted octanol–water partition coefficient (Wildman–Crippen LogP) is 4.47. The van der Waals surface area contributed by atoms with Crippen LogP contribution < -0.4 is 15.0 Å². The van der Waals surface area contributed by atoms with Gasteiger partial charge < -0.3 is 15.0 Å². The zero-order valence-corrected chi connectivity index (χ0v) is 19.3. The number of ether oxygens (including phenoxy) is 1. The van der Waals surface area contributed by atoms with Crippen molar-refractivity contribution in [3.8, 4) is 5.75 Å².